The summed E-state index contributed by atoms with van der Waals surface area (Å²) in [5, 5.41) is 7.55. The lowest BCUT2D eigenvalue weighted by Gasteiger charge is -1.99. The zero-order chi connectivity index (χ0) is 10.1. The minimum absolute atomic E-state index is 0.567. The molecular weight excluding hydrogens is 219 g/mol. The van der Waals surface area contributed by atoms with Crippen LogP contribution < -0.4 is 10.6 Å². The fourth-order valence-electron chi connectivity index (χ4n) is 1.38. The Bertz CT molecular complexity index is 366. The van der Waals surface area contributed by atoms with Gasteiger partial charge < -0.3 is 10.6 Å². The molecule has 0 atom stereocenters. The first-order valence-corrected chi connectivity index (χ1v) is 5.19. The molecule has 0 bridgehead atoms. The number of allylic oxidation sites excluding steroid dienone is 1. The number of fused-ring (bicyclic) bond motifs is 1. The molecule has 0 aliphatic carbocycles. The van der Waals surface area contributed by atoms with Gasteiger partial charge in [0.15, 0.2) is 0 Å². The summed E-state index contributed by atoms with van der Waals surface area (Å²) in [6, 6.07) is 3.64. The molecule has 2 nitrogen and oxygen atoms in total. The SMILES string of the molecule is CCC=C1Nc2cc(Cl)c(Cl)cc2N1. The predicted molar refractivity (Wildman–Crippen MR) is 62.1 cm³/mol. The molecule has 0 amide bonds. The first-order chi connectivity index (χ1) is 6.70. The summed E-state index contributed by atoms with van der Waals surface area (Å²) in [5.74, 6) is 0.987. The molecule has 1 aromatic carbocycles. The maximum atomic E-state index is 5.90. The van der Waals surface area contributed by atoms with Gasteiger partial charge in [0.1, 0.15) is 5.82 Å². The van der Waals surface area contributed by atoms with E-state index in [4.69, 9.17) is 23.2 Å². The van der Waals surface area contributed by atoms with Gasteiger partial charge >= 0.3 is 0 Å². The van der Waals surface area contributed by atoms with Gasteiger partial charge in [0.2, 0.25) is 0 Å². The molecule has 0 saturated heterocycles. The average molecular weight is 229 g/mol. The number of halogens is 2. The van der Waals surface area contributed by atoms with Gasteiger partial charge in [-0.05, 0) is 24.6 Å². The van der Waals surface area contributed by atoms with Gasteiger partial charge in [0, 0.05) is 0 Å². The van der Waals surface area contributed by atoms with Gasteiger partial charge in [-0.2, -0.15) is 0 Å². The molecule has 74 valence electrons. The van der Waals surface area contributed by atoms with E-state index in [1.807, 2.05) is 12.1 Å². The molecule has 14 heavy (non-hydrogen) atoms. The quantitative estimate of drug-likeness (QED) is 0.757. The molecule has 0 spiro atoms. The Morgan fingerprint density at radius 1 is 1.14 bits per heavy atom. The van der Waals surface area contributed by atoms with E-state index in [9.17, 15) is 0 Å². The van der Waals surface area contributed by atoms with E-state index in [1.54, 1.807) is 0 Å². The highest BCUT2D eigenvalue weighted by Gasteiger charge is 2.15. The van der Waals surface area contributed by atoms with Crippen LogP contribution in [-0.2, 0) is 0 Å². The second-order valence-electron chi connectivity index (χ2n) is 3.09. The topological polar surface area (TPSA) is 24.1 Å². The Morgan fingerprint density at radius 2 is 1.64 bits per heavy atom. The van der Waals surface area contributed by atoms with Crippen LogP contribution in [0.4, 0.5) is 11.4 Å². The van der Waals surface area contributed by atoms with Crippen molar-refractivity contribution in [1.29, 1.82) is 0 Å². The van der Waals surface area contributed by atoms with E-state index >= 15 is 0 Å². The van der Waals surface area contributed by atoms with Gasteiger partial charge in [-0.3, -0.25) is 0 Å². The fraction of sp³-hybridized carbons (Fsp3) is 0.200. The number of nitrogens with one attached hydrogen (secondary N) is 2. The third-order valence-electron chi connectivity index (χ3n) is 2.01. The Hall–Kier alpha value is -0.860. The molecule has 0 unspecified atom stereocenters. The second kappa shape index (κ2) is 3.71. The van der Waals surface area contributed by atoms with Crippen LogP contribution in [0.25, 0.3) is 0 Å². The van der Waals surface area contributed by atoms with Crippen molar-refractivity contribution in [2.75, 3.05) is 10.6 Å². The molecule has 4 heteroatoms. The van der Waals surface area contributed by atoms with Crippen LogP contribution in [0.15, 0.2) is 24.0 Å². The molecule has 2 rings (SSSR count). The maximum absolute atomic E-state index is 5.90. The summed E-state index contributed by atoms with van der Waals surface area (Å²) in [6.07, 6.45) is 3.05. The summed E-state index contributed by atoms with van der Waals surface area (Å²) < 4.78 is 0. The number of hydrogen-bond donors (Lipinski definition) is 2. The molecule has 0 aromatic heterocycles. The molecular formula is C10H10Cl2N2. The van der Waals surface area contributed by atoms with Gasteiger partial charge in [-0.15, -0.1) is 0 Å². The van der Waals surface area contributed by atoms with E-state index in [0.29, 0.717) is 10.0 Å². The number of hydrogen-bond acceptors (Lipinski definition) is 2. The van der Waals surface area contributed by atoms with Gasteiger partial charge in [0.05, 0.1) is 21.4 Å². The zero-order valence-electron chi connectivity index (χ0n) is 7.70. The molecule has 1 aromatic rings. The lowest BCUT2D eigenvalue weighted by molar-refractivity contribution is 1.19. The highest BCUT2D eigenvalue weighted by atomic mass is 35.5. The summed E-state index contributed by atoms with van der Waals surface area (Å²) in [5.41, 5.74) is 1.94. The Morgan fingerprint density at radius 3 is 2.07 bits per heavy atom. The van der Waals surface area contributed by atoms with Crippen molar-refractivity contribution in [2.45, 2.75) is 13.3 Å². The van der Waals surface area contributed by atoms with Crippen LogP contribution in [0.2, 0.25) is 10.0 Å². The smallest absolute Gasteiger partial charge is 0.104 e. The van der Waals surface area contributed by atoms with Crippen LogP contribution in [0, 0.1) is 0 Å². The maximum Gasteiger partial charge on any atom is 0.104 e. The largest absolute Gasteiger partial charge is 0.340 e. The van der Waals surface area contributed by atoms with E-state index < -0.39 is 0 Å². The monoisotopic (exact) mass is 228 g/mol. The second-order valence-corrected chi connectivity index (χ2v) is 3.90. The van der Waals surface area contributed by atoms with E-state index in [-0.39, 0.29) is 0 Å². The highest BCUT2D eigenvalue weighted by Crippen LogP contribution is 2.37. The van der Waals surface area contributed by atoms with Crippen molar-refractivity contribution in [3.05, 3.63) is 34.1 Å². The number of anilines is 2. The van der Waals surface area contributed by atoms with Crippen molar-refractivity contribution in [3.63, 3.8) is 0 Å². The average Bonchev–Trinajstić information content (AvgIpc) is 2.48. The first kappa shape index (κ1) is 9.69. The van der Waals surface area contributed by atoms with Gasteiger partial charge in [-0.25, -0.2) is 0 Å². The molecule has 2 N–H and O–H groups in total. The predicted octanol–water partition coefficient (Wildman–Crippen LogP) is 4.08. The summed E-state index contributed by atoms with van der Waals surface area (Å²) in [6.45, 7) is 2.08. The number of rotatable bonds is 1. The van der Waals surface area contributed by atoms with Crippen molar-refractivity contribution in [3.8, 4) is 0 Å². The van der Waals surface area contributed by atoms with Crippen LogP contribution in [0.3, 0.4) is 0 Å². The third-order valence-corrected chi connectivity index (χ3v) is 2.73. The van der Waals surface area contributed by atoms with E-state index in [1.165, 1.54) is 0 Å². The van der Waals surface area contributed by atoms with Crippen LogP contribution in [-0.4, -0.2) is 0 Å². The van der Waals surface area contributed by atoms with E-state index in [2.05, 4.69) is 23.6 Å². The number of benzene rings is 1. The Balaban J connectivity index is 2.36. The van der Waals surface area contributed by atoms with Crippen molar-refractivity contribution in [2.24, 2.45) is 0 Å². The molecule has 1 aliphatic rings. The van der Waals surface area contributed by atoms with Crippen LogP contribution in [0.1, 0.15) is 13.3 Å². The van der Waals surface area contributed by atoms with Crippen molar-refractivity contribution in [1.82, 2.24) is 0 Å². The standard InChI is InChI=1S/C10H10Cl2N2/c1-2-3-10-13-8-4-6(11)7(12)5-9(8)14-10/h3-5,13-14H,2H2,1H3. The summed E-state index contributed by atoms with van der Waals surface area (Å²) in [4.78, 5) is 0. The summed E-state index contributed by atoms with van der Waals surface area (Å²) in [7, 11) is 0. The van der Waals surface area contributed by atoms with Crippen LogP contribution >= 0.6 is 23.2 Å². The molecule has 0 radical (unpaired) electrons. The molecule has 0 fully saturated rings. The van der Waals surface area contributed by atoms with E-state index in [0.717, 1.165) is 23.6 Å². The Kier molecular flexibility index (Phi) is 2.57. The summed E-state index contributed by atoms with van der Waals surface area (Å²) >= 11 is 11.8. The molecule has 1 heterocycles. The highest BCUT2D eigenvalue weighted by molar-refractivity contribution is 6.42. The third kappa shape index (κ3) is 1.68. The fourth-order valence-corrected chi connectivity index (χ4v) is 1.71. The zero-order valence-corrected chi connectivity index (χ0v) is 9.21. The Labute approximate surface area is 92.9 Å². The van der Waals surface area contributed by atoms with Crippen molar-refractivity contribution >= 4 is 34.6 Å². The normalized spacial score (nSPS) is 13.2. The lowest BCUT2D eigenvalue weighted by Crippen LogP contribution is -1.97. The molecule has 1 aliphatic heterocycles. The van der Waals surface area contributed by atoms with Gasteiger partial charge in [-0.1, -0.05) is 30.1 Å². The lowest BCUT2D eigenvalue weighted by atomic mass is 10.3. The van der Waals surface area contributed by atoms with Crippen LogP contribution in [0.5, 0.6) is 0 Å². The minimum atomic E-state index is 0.567. The first-order valence-electron chi connectivity index (χ1n) is 4.44. The van der Waals surface area contributed by atoms with Crippen molar-refractivity contribution < 1.29 is 0 Å². The van der Waals surface area contributed by atoms with Gasteiger partial charge in [0.25, 0.3) is 0 Å². The molecule has 0 saturated carbocycles. The minimum Gasteiger partial charge on any atom is -0.340 e.